The fourth-order valence-corrected chi connectivity index (χ4v) is 1.58. The summed E-state index contributed by atoms with van der Waals surface area (Å²) in [6.07, 6.45) is 0.761. The van der Waals surface area contributed by atoms with Crippen molar-refractivity contribution in [1.82, 2.24) is 0 Å². The third-order valence-corrected chi connectivity index (χ3v) is 2.56. The van der Waals surface area contributed by atoms with Gasteiger partial charge in [0, 0.05) is 32.0 Å². The van der Waals surface area contributed by atoms with E-state index >= 15 is 0 Å². The molecule has 1 aliphatic rings. The van der Waals surface area contributed by atoms with Crippen molar-refractivity contribution < 1.29 is 14.3 Å². The highest BCUT2D eigenvalue weighted by molar-refractivity contribution is 5.89. The van der Waals surface area contributed by atoms with Crippen LogP contribution in [0.1, 0.15) is 27.2 Å². The highest BCUT2D eigenvalue weighted by Gasteiger charge is 2.34. The molecule has 0 unspecified atom stereocenters. The van der Waals surface area contributed by atoms with Crippen LogP contribution in [0.4, 0.5) is 5.69 Å². The van der Waals surface area contributed by atoms with Gasteiger partial charge in [-0.25, -0.2) is 0 Å². The maximum Gasteiger partial charge on any atom is 0.248 e. The van der Waals surface area contributed by atoms with Crippen LogP contribution in [0.5, 0.6) is 11.5 Å². The molecule has 0 fully saturated rings. The van der Waals surface area contributed by atoms with Gasteiger partial charge in [-0.2, -0.15) is 0 Å². The Morgan fingerprint density at radius 2 is 2.06 bits per heavy atom. The lowest BCUT2D eigenvalue weighted by molar-refractivity contribution is -0.114. The summed E-state index contributed by atoms with van der Waals surface area (Å²) in [5.41, 5.74) is 0.718. The van der Waals surface area contributed by atoms with Gasteiger partial charge < -0.3 is 14.8 Å². The molecule has 2 rings (SSSR count). The maximum absolute atomic E-state index is 10.9. The molecular formula is C12H15NO3. The van der Waals surface area contributed by atoms with E-state index in [1.165, 1.54) is 6.92 Å². The maximum atomic E-state index is 10.9. The monoisotopic (exact) mass is 221 g/mol. The Morgan fingerprint density at radius 3 is 2.69 bits per heavy atom. The summed E-state index contributed by atoms with van der Waals surface area (Å²) < 4.78 is 11.4. The number of hydrogen-bond acceptors (Lipinski definition) is 3. The van der Waals surface area contributed by atoms with Crippen LogP contribution in [0.2, 0.25) is 0 Å². The molecule has 4 heteroatoms. The van der Waals surface area contributed by atoms with Gasteiger partial charge in [-0.05, 0) is 12.1 Å². The van der Waals surface area contributed by atoms with Crippen molar-refractivity contribution >= 4 is 11.6 Å². The van der Waals surface area contributed by atoms with Gasteiger partial charge >= 0.3 is 0 Å². The number of benzene rings is 1. The zero-order valence-electron chi connectivity index (χ0n) is 9.66. The minimum Gasteiger partial charge on any atom is -0.449 e. The number of anilines is 1. The SMILES string of the molecule is CC[C@@]1(C)Oc2ccc(NC(C)=O)cc2O1. The lowest BCUT2D eigenvalue weighted by atomic mass is 10.2. The van der Waals surface area contributed by atoms with Gasteiger partial charge in [0.05, 0.1) is 0 Å². The van der Waals surface area contributed by atoms with Crippen molar-refractivity contribution in [3.8, 4) is 11.5 Å². The summed E-state index contributed by atoms with van der Waals surface area (Å²) in [4.78, 5) is 10.9. The lowest BCUT2D eigenvalue weighted by Gasteiger charge is -2.20. The first-order valence-corrected chi connectivity index (χ1v) is 5.32. The van der Waals surface area contributed by atoms with Gasteiger partial charge in [-0.1, -0.05) is 6.92 Å². The van der Waals surface area contributed by atoms with Gasteiger partial charge in [0.2, 0.25) is 11.7 Å². The van der Waals surface area contributed by atoms with E-state index in [2.05, 4.69) is 5.32 Å². The summed E-state index contributed by atoms with van der Waals surface area (Å²) in [5.74, 6) is 0.711. The largest absolute Gasteiger partial charge is 0.449 e. The topological polar surface area (TPSA) is 47.6 Å². The molecule has 1 aromatic carbocycles. The first-order chi connectivity index (χ1) is 7.52. The molecule has 0 saturated heterocycles. The van der Waals surface area contributed by atoms with Crippen molar-refractivity contribution in [2.24, 2.45) is 0 Å². The highest BCUT2D eigenvalue weighted by atomic mass is 16.7. The normalized spacial score (nSPS) is 21.9. The highest BCUT2D eigenvalue weighted by Crippen LogP contribution is 2.41. The molecule has 1 aliphatic heterocycles. The van der Waals surface area contributed by atoms with E-state index in [0.717, 1.165) is 17.9 Å². The minimum atomic E-state index is -0.586. The van der Waals surface area contributed by atoms with Gasteiger partial charge in [0.1, 0.15) is 0 Å². The predicted octanol–water partition coefficient (Wildman–Crippen LogP) is 2.54. The molecule has 1 heterocycles. The van der Waals surface area contributed by atoms with E-state index in [0.29, 0.717) is 5.75 Å². The molecule has 0 bridgehead atoms. The summed E-state index contributed by atoms with van der Waals surface area (Å²) in [6, 6.07) is 5.38. The van der Waals surface area contributed by atoms with Crippen LogP contribution in [0.25, 0.3) is 0 Å². The number of amides is 1. The van der Waals surface area contributed by atoms with E-state index in [1.807, 2.05) is 19.9 Å². The summed E-state index contributed by atoms with van der Waals surface area (Å²) in [7, 11) is 0. The van der Waals surface area contributed by atoms with Crippen molar-refractivity contribution in [1.29, 1.82) is 0 Å². The van der Waals surface area contributed by atoms with E-state index in [1.54, 1.807) is 12.1 Å². The molecule has 4 nitrogen and oxygen atoms in total. The smallest absolute Gasteiger partial charge is 0.248 e. The first-order valence-electron chi connectivity index (χ1n) is 5.32. The van der Waals surface area contributed by atoms with Crippen LogP contribution in [0.3, 0.4) is 0 Å². The molecular weight excluding hydrogens is 206 g/mol. The quantitative estimate of drug-likeness (QED) is 0.834. The molecule has 0 aliphatic carbocycles. The fraction of sp³-hybridized carbons (Fsp3) is 0.417. The molecule has 16 heavy (non-hydrogen) atoms. The molecule has 0 spiro atoms. The van der Waals surface area contributed by atoms with E-state index in [9.17, 15) is 4.79 Å². The van der Waals surface area contributed by atoms with Crippen LogP contribution in [0, 0.1) is 0 Å². The van der Waals surface area contributed by atoms with Crippen LogP contribution in [-0.4, -0.2) is 11.7 Å². The Kier molecular flexibility index (Phi) is 2.50. The number of ether oxygens (including phenoxy) is 2. The number of carbonyl (C=O) groups excluding carboxylic acids is 1. The molecule has 86 valence electrons. The van der Waals surface area contributed by atoms with Crippen molar-refractivity contribution in [2.45, 2.75) is 33.0 Å². The van der Waals surface area contributed by atoms with Crippen LogP contribution in [0.15, 0.2) is 18.2 Å². The number of carbonyl (C=O) groups is 1. The average molecular weight is 221 g/mol. The molecule has 0 aromatic heterocycles. The Bertz CT molecular complexity index is 430. The Balaban J connectivity index is 2.24. The number of hydrogen-bond donors (Lipinski definition) is 1. The predicted molar refractivity (Wildman–Crippen MR) is 60.7 cm³/mol. The summed E-state index contributed by atoms with van der Waals surface area (Å²) >= 11 is 0. The van der Waals surface area contributed by atoms with Crippen molar-refractivity contribution in [3.05, 3.63) is 18.2 Å². The van der Waals surface area contributed by atoms with Gasteiger partial charge in [0.15, 0.2) is 11.5 Å². The molecule has 1 atom stereocenters. The second kappa shape index (κ2) is 3.70. The standard InChI is InChI=1S/C12H15NO3/c1-4-12(3)15-10-6-5-9(13-8(2)14)7-11(10)16-12/h5-7H,4H2,1-3H3,(H,13,14)/t12-/m0/s1. The third kappa shape index (κ3) is 1.96. The first kappa shape index (κ1) is 10.8. The van der Waals surface area contributed by atoms with Crippen molar-refractivity contribution in [2.75, 3.05) is 5.32 Å². The second-order valence-electron chi connectivity index (χ2n) is 4.03. The Labute approximate surface area is 94.6 Å². The molecule has 1 amide bonds. The van der Waals surface area contributed by atoms with E-state index in [-0.39, 0.29) is 5.91 Å². The van der Waals surface area contributed by atoms with Crippen LogP contribution < -0.4 is 14.8 Å². The molecule has 1 N–H and O–H groups in total. The number of nitrogens with one attached hydrogen (secondary N) is 1. The second-order valence-corrected chi connectivity index (χ2v) is 4.03. The van der Waals surface area contributed by atoms with Gasteiger partial charge in [-0.3, -0.25) is 4.79 Å². The summed E-state index contributed by atoms with van der Waals surface area (Å²) in [5, 5.41) is 2.71. The Hall–Kier alpha value is -1.71. The van der Waals surface area contributed by atoms with Crippen LogP contribution in [-0.2, 0) is 4.79 Å². The molecule has 0 saturated carbocycles. The third-order valence-electron chi connectivity index (χ3n) is 2.56. The Morgan fingerprint density at radius 1 is 1.38 bits per heavy atom. The summed E-state index contributed by atoms with van der Waals surface area (Å²) in [6.45, 7) is 5.37. The lowest BCUT2D eigenvalue weighted by Crippen LogP contribution is -2.33. The minimum absolute atomic E-state index is 0.0999. The zero-order valence-corrected chi connectivity index (χ0v) is 9.66. The fourth-order valence-electron chi connectivity index (χ4n) is 1.58. The molecule has 0 radical (unpaired) electrons. The van der Waals surface area contributed by atoms with E-state index < -0.39 is 5.79 Å². The van der Waals surface area contributed by atoms with Crippen molar-refractivity contribution in [3.63, 3.8) is 0 Å². The number of rotatable bonds is 2. The van der Waals surface area contributed by atoms with E-state index in [4.69, 9.17) is 9.47 Å². The van der Waals surface area contributed by atoms with Gasteiger partial charge in [0.25, 0.3) is 0 Å². The average Bonchev–Trinajstić information content (AvgIpc) is 2.54. The number of fused-ring (bicyclic) bond motifs is 1. The van der Waals surface area contributed by atoms with Gasteiger partial charge in [-0.15, -0.1) is 0 Å². The molecule has 1 aromatic rings. The van der Waals surface area contributed by atoms with Crippen LogP contribution >= 0.6 is 0 Å². The zero-order chi connectivity index (χ0) is 11.8.